The highest BCUT2D eigenvalue weighted by Crippen LogP contribution is 2.38. The molecule has 0 radical (unpaired) electrons. The van der Waals surface area contributed by atoms with Crippen molar-refractivity contribution in [3.8, 4) is 28.4 Å². The number of aromatic nitrogens is 1. The molecule has 1 N–H and O–H groups in total. The normalized spacial score (nSPS) is 15.3. The summed E-state index contributed by atoms with van der Waals surface area (Å²) < 4.78 is 24.7. The van der Waals surface area contributed by atoms with Crippen molar-refractivity contribution < 1.29 is 23.7 Å². The molecule has 1 amide bonds. The number of methoxy groups -OCH3 is 1. The highest BCUT2D eigenvalue weighted by molar-refractivity contribution is 5.94. The Morgan fingerprint density at radius 3 is 2.67 bits per heavy atom. The van der Waals surface area contributed by atoms with Gasteiger partial charge in [0.05, 0.1) is 44.4 Å². The Bertz CT molecular complexity index is 1380. The third-order valence-electron chi connectivity index (χ3n) is 7.46. The molecule has 3 heterocycles. The molecular formula is C31H39N3O6. The van der Waals surface area contributed by atoms with Gasteiger partial charge in [0.15, 0.2) is 5.43 Å². The Balaban J connectivity index is 1.51. The molecule has 2 aromatic carbocycles. The van der Waals surface area contributed by atoms with Crippen LogP contribution in [0.15, 0.2) is 41.3 Å². The number of hydrogen-bond acceptors (Lipinski definition) is 7. The number of nitrogens with zero attached hydrogens (tertiary/aromatic N) is 2. The summed E-state index contributed by atoms with van der Waals surface area (Å²) in [6.45, 7) is 8.10. The van der Waals surface area contributed by atoms with Gasteiger partial charge in [-0.15, -0.1) is 0 Å². The first-order chi connectivity index (χ1) is 19.6. The van der Waals surface area contributed by atoms with Crippen LogP contribution in [0.2, 0.25) is 0 Å². The van der Waals surface area contributed by atoms with E-state index < -0.39 is 0 Å². The van der Waals surface area contributed by atoms with E-state index in [-0.39, 0.29) is 17.9 Å². The zero-order valence-electron chi connectivity index (χ0n) is 23.5. The van der Waals surface area contributed by atoms with Crippen molar-refractivity contribution in [2.75, 3.05) is 59.7 Å². The number of pyridine rings is 1. The van der Waals surface area contributed by atoms with Crippen molar-refractivity contribution in [2.24, 2.45) is 0 Å². The van der Waals surface area contributed by atoms with Crippen molar-refractivity contribution >= 4 is 16.8 Å². The van der Waals surface area contributed by atoms with Gasteiger partial charge in [-0.05, 0) is 49.9 Å². The number of carbonyl (C=O) groups excluding carboxylic acids is 1. The van der Waals surface area contributed by atoms with Crippen LogP contribution in [0.25, 0.3) is 22.0 Å². The second kappa shape index (κ2) is 13.2. The third-order valence-corrected chi connectivity index (χ3v) is 7.46. The summed E-state index contributed by atoms with van der Waals surface area (Å²) in [6, 6.07) is 9.30. The maximum atomic E-state index is 14.1. The monoisotopic (exact) mass is 549 g/mol. The predicted octanol–water partition coefficient (Wildman–Crippen LogP) is 3.63. The Hall–Kier alpha value is -3.56. The largest absolute Gasteiger partial charge is 0.497 e. The summed E-state index contributed by atoms with van der Waals surface area (Å²) in [5.74, 6) is 1.86. The highest BCUT2D eigenvalue weighted by Gasteiger charge is 2.24. The molecule has 1 saturated heterocycles. The van der Waals surface area contributed by atoms with Gasteiger partial charge >= 0.3 is 0 Å². The minimum Gasteiger partial charge on any atom is -0.497 e. The molecule has 0 unspecified atom stereocenters. The second-order valence-corrected chi connectivity index (χ2v) is 10.3. The number of nitrogens with one attached hydrogen (secondary N) is 1. The van der Waals surface area contributed by atoms with Crippen LogP contribution in [0.4, 0.5) is 0 Å². The molecule has 0 atom stereocenters. The van der Waals surface area contributed by atoms with E-state index in [1.807, 2.05) is 41.8 Å². The lowest BCUT2D eigenvalue weighted by Gasteiger charge is -2.26. The van der Waals surface area contributed by atoms with Crippen molar-refractivity contribution in [3.05, 3.63) is 52.3 Å². The number of rotatable bonds is 11. The van der Waals surface area contributed by atoms with E-state index in [9.17, 15) is 9.59 Å². The molecule has 0 bridgehead atoms. The van der Waals surface area contributed by atoms with Crippen molar-refractivity contribution in [3.63, 3.8) is 0 Å². The second-order valence-electron chi connectivity index (χ2n) is 10.3. The molecule has 9 heteroatoms. The molecule has 9 nitrogen and oxygen atoms in total. The number of amides is 1. The molecule has 40 heavy (non-hydrogen) atoms. The lowest BCUT2D eigenvalue weighted by Crippen LogP contribution is -2.38. The van der Waals surface area contributed by atoms with Gasteiger partial charge in [0, 0.05) is 43.0 Å². The van der Waals surface area contributed by atoms with Gasteiger partial charge in [0.2, 0.25) is 5.91 Å². The zero-order valence-corrected chi connectivity index (χ0v) is 23.5. The molecule has 0 aliphatic carbocycles. The van der Waals surface area contributed by atoms with E-state index in [1.54, 1.807) is 13.3 Å². The number of benzene rings is 2. The fraction of sp³-hybridized carbons (Fsp3) is 0.484. The van der Waals surface area contributed by atoms with Gasteiger partial charge < -0.3 is 28.8 Å². The van der Waals surface area contributed by atoms with Crippen LogP contribution in [0.5, 0.6) is 17.2 Å². The molecule has 2 aliphatic rings. The SMILES string of the molecule is CCCOc1cc2c(c3c(=O)c(-c4ccc(OC)cc4)cn(CC(=O)NCCCN4CCOCC4)c13)CCCO2. The zero-order chi connectivity index (χ0) is 27.9. The van der Waals surface area contributed by atoms with E-state index in [0.29, 0.717) is 53.5 Å². The Kier molecular flexibility index (Phi) is 9.23. The predicted molar refractivity (Wildman–Crippen MR) is 155 cm³/mol. The average Bonchev–Trinajstić information content (AvgIpc) is 2.99. The Labute approximate surface area is 235 Å². The molecule has 0 spiro atoms. The fourth-order valence-electron chi connectivity index (χ4n) is 5.40. The van der Waals surface area contributed by atoms with Gasteiger partial charge in [-0.2, -0.15) is 0 Å². The number of aryl methyl sites for hydroxylation is 1. The number of carbonyl (C=O) groups is 1. The van der Waals surface area contributed by atoms with Crippen LogP contribution in [-0.2, 0) is 22.5 Å². The van der Waals surface area contributed by atoms with E-state index in [2.05, 4.69) is 10.2 Å². The van der Waals surface area contributed by atoms with Crippen LogP contribution in [0.1, 0.15) is 31.7 Å². The third kappa shape index (κ3) is 6.26. The summed E-state index contributed by atoms with van der Waals surface area (Å²) in [4.78, 5) is 29.7. The van der Waals surface area contributed by atoms with Gasteiger partial charge in [-0.25, -0.2) is 0 Å². The summed E-state index contributed by atoms with van der Waals surface area (Å²) >= 11 is 0. The Morgan fingerprint density at radius 1 is 1.12 bits per heavy atom. The summed E-state index contributed by atoms with van der Waals surface area (Å²) in [5, 5.41) is 3.64. The lowest BCUT2D eigenvalue weighted by molar-refractivity contribution is -0.121. The fourth-order valence-corrected chi connectivity index (χ4v) is 5.40. The van der Waals surface area contributed by atoms with E-state index in [4.69, 9.17) is 18.9 Å². The first kappa shape index (κ1) is 28.0. The first-order valence-corrected chi connectivity index (χ1v) is 14.3. The van der Waals surface area contributed by atoms with Crippen LogP contribution in [-0.4, -0.2) is 75.1 Å². The summed E-state index contributed by atoms with van der Waals surface area (Å²) in [5.41, 5.74) is 2.72. The number of fused-ring (bicyclic) bond motifs is 3. The molecule has 2 aliphatic heterocycles. The topological polar surface area (TPSA) is 91.3 Å². The van der Waals surface area contributed by atoms with Gasteiger partial charge in [-0.3, -0.25) is 14.5 Å². The van der Waals surface area contributed by atoms with Gasteiger partial charge in [0.25, 0.3) is 0 Å². The molecule has 0 saturated carbocycles. The highest BCUT2D eigenvalue weighted by atomic mass is 16.5. The minimum atomic E-state index is -0.108. The summed E-state index contributed by atoms with van der Waals surface area (Å²) in [7, 11) is 1.61. The van der Waals surface area contributed by atoms with Crippen LogP contribution >= 0.6 is 0 Å². The number of hydrogen-bond donors (Lipinski definition) is 1. The van der Waals surface area contributed by atoms with Crippen molar-refractivity contribution in [2.45, 2.75) is 39.2 Å². The first-order valence-electron chi connectivity index (χ1n) is 14.3. The van der Waals surface area contributed by atoms with Gasteiger partial charge in [-0.1, -0.05) is 19.1 Å². The quantitative estimate of drug-likeness (QED) is 0.365. The molecule has 5 rings (SSSR count). The summed E-state index contributed by atoms with van der Waals surface area (Å²) in [6.07, 6.45) is 5.03. The number of ether oxygens (including phenoxy) is 4. The minimum absolute atomic E-state index is 0.0691. The average molecular weight is 550 g/mol. The standard InChI is InChI=1S/C31H39N3O6/c1-3-15-39-27-19-26-24(6-4-16-40-26)29-30(27)34(20-25(31(29)36)22-7-9-23(37-2)10-8-22)21-28(35)32-11-5-12-33-13-17-38-18-14-33/h7-10,19-20H,3-6,11-18,21H2,1-2H3,(H,32,35). The maximum Gasteiger partial charge on any atom is 0.239 e. The molecule has 1 fully saturated rings. The smallest absolute Gasteiger partial charge is 0.239 e. The lowest BCUT2D eigenvalue weighted by atomic mass is 9.96. The Morgan fingerprint density at radius 2 is 1.93 bits per heavy atom. The van der Waals surface area contributed by atoms with Crippen molar-refractivity contribution in [1.29, 1.82) is 0 Å². The van der Waals surface area contributed by atoms with Crippen LogP contribution in [0, 0.1) is 0 Å². The van der Waals surface area contributed by atoms with E-state index >= 15 is 0 Å². The molecule has 214 valence electrons. The van der Waals surface area contributed by atoms with Gasteiger partial charge in [0.1, 0.15) is 23.8 Å². The molecular weight excluding hydrogens is 510 g/mol. The molecule has 3 aromatic rings. The van der Waals surface area contributed by atoms with E-state index in [0.717, 1.165) is 69.7 Å². The van der Waals surface area contributed by atoms with Crippen LogP contribution < -0.4 is 25.0 Å². The van der Waals surface area contributed by atoms with E-state index in [1.165, 1.54) is 0 Å². The maximum absolute atomic E-state index is 14.1. The number of morpholine rings is 1. The molecule has 1 aromatic heterocycles. The van der Waals surface area contributed by atoms with Crippen LogP contribution in [0.3, 0.4) is 0 Å². The van der Waals surface area contributed by atoms with Crippen molar-refractivity contribution in [1.82, 2.24) is 14.8 Å².